The van der Waals surface area contributed by atoms with Gasteiger partial charge in [-0.1, -0.05) is 30.3 Å². The zero-order valence-corrected chi connectivity index (χ0v) is 16.9. The second-order valence-corrected chi connectivity index (χ2v) is 7.48. The minimum absolute atomic E-state index is 0.0848. The molecule has 1 atom stereocenters. The summed E-state index contributed by atoms with van der Waals surface area (Å²) in [4.78, 5) is 12.6. The molecule has 1 fully saturated rings. The molecule has 2 aromatic carbocycles. The number of hydrogen-bond acceptors (Lipinski definition) is 6. The van der Waals surface area contributed by atoms with E-state index in [0.29, 0.717) is 12.4 Å². The van der Waals surface area contributed by atoms with Crippen LogP contribution < -0.4 is 10.6 Å². The fourth-order valence-corrected chi connectivity index (χ4v) is 3.83. The fourth-order valence-electron chi connectivity index (χ4n) is 3.83. The van der Waals surface area contributed by atoms with Crippen LogP contribution in [0.3, 0.4) is 0 Å². The smallest absolute Gasteiger partial charge is 0.229 e. The van der Waals surface area contributed by atoms with Crippen molar-refractivity contribution in [2.24, 2.45) is 0 Å². The molecule has 7 heteroatoms. The van der Waals surface area contributed by atoms with Crippen molar-refractivity contribution in [3.63, 3.8) is 0 Å². The molecular formula is C24H22N6O. The van der Waals surface area contributed by atoms with Gasteiger partial charge < -0.3 is 20.4 Å². The molecule has 0 amide bonds. The molecule has 0 aliphatic carbocycles. The topological polar surface area (TPSA) is 98.7 Å². The number of ether oxygens (including phenoxy) is 1. The number of hydrogen-bond donors (Lipinski definition) is 3. The maximum atomic E-state index is 9.03. The first-order valence-electron chi connectivity index (χ1n) is 10.3. The van der Waals surface area contributed by atoms with E-state index in [2.05, 4.69) is 38.8 Å². The Bertz CT molecular complexity index is 1240. The summed E-state index contributed by atoms with van der Waals surface area (Å²) in [5.41, 5.74) is 5.56. The van der Waals surface area contributed by atoms with Crippen molar-refractivity contribution in [2.75, 3.05) is 25.0 Å². The predicted molar refractivity (Wildman–Crippen MR) is 120 cm³/mol. The van der Waals surface area contributed by atoms with Gasteiger partial charge in [-0.05, 0) is 35.4 Å². The van der Waals surface area contributed by atoms with Crippen LogP contribution in [0.4, 0.5) is 11.6 Å². The number of rotatable bonds is 5. The molecule has 3 heterocycles. The number of anilines is 2. The molecule has 1 aliphatic heterocycles. The minimum atomic E-state index is 0.0848. The lowest BCUT2D eigenvalue weighted by atomic mass is 10.0. The molecule has 154 valence electrons. The van der Waals surface area contributed by atoms with E-state index in [1.54, 1.807) is 0 Å². The first-order chi connectivity index (χ1) is 15.3. The second-order valence-electron chi connectivity index (χ2n) is 7.48. The third-order valence-electron chi connectivity index (χ3n) is 5.37. The van der Waals surface area contributed by atoms with Gasteiger partial charge in [0.15, 0.2) is 0 Å². The predicted octanol–water partition coefficient (Wildman–Crippen LogP) is 4.10. The first-order valence-corrected chi connectivity index (χ1v) is 10.3. The van der Waals surface area contributed by atoms with Crippen LogP contribution in [0.1, 0.15) is 17.2 Å². The number of nitrogens with zero attached hydrogens (tertiary/aromatic N) is 3. The van der Waals surface area contributed by atoms with E-state index in [4.69, 9.17) is 15.0 Å². The molecule has 5 rings (SSSR count). The van der Waals surface area contributed by atoms with Gasteiger partial charge in [0, 0.05) is 35.9 Å². The highest BCUT2D eigenvalue weighted by molar-refractivity contribution is 5.91. The lowest BCUT2D eigenvalue weighted by Crippen LogP contribution is -2.33. The second kappa shape index (κ2) is 8.56. The van der Waals surface area contributed by atoms with E-state index in [-0.39, 0.29) is 6.10 Å². The molecule has 1 aliphatic rings. The van der Waals surface area contributed by atoms with Crippen LogP contribution in [0.15, 0.2) is 60.8 Å². The molecule has 0 radical (unpaired) electrons. The molecule has 7 nitrogen and oxygen atoms in total. The standard InChI is InChI=1S/C24H22N6O/c25-10-8-16-2-1-3-18(14-16)22-20-9-11-27-23(20)30-24(29-22)28-19-6-4-17(5-7-19)21-15-26-12-13-31-21/h1-7,9,11,14,21,26H,8,12-13,15H2,(H2,27,28,29,30). The van der Waals surface area contributed by atoms with E-state index < -0.39 is 0 Å². The van der Waals surface area contributed by atoms with Gasteiger partial charge in [0.05, 0.1) is 30.9 Å². The van der Waals surface area contributed by atoms with E-state index >= 15 is 0 Å². The van der Waals surface area contributed by atoms with Crippen molar-refractivity contribution < 1.29 is 4.74 Å². The largest absolute Gasteiger partial charge is 0.371 e. The highest BCUT2D eigenvalue weighted by Gasteiger charge is 2.16. The van der Waals surface area contributed by atoms with Crippen molar-refractivity contribution in [1.29, 1.82) is 5.26 Å². The summed E-state index contributed by atoms with van der Waals surface area (Å²) in [6.45, 7) is 2.46. The van der Waals surface area contributed by atoms with Crippen molar-refractivity contribution in [1.82, 2.24) is 20.3 Å². The summed E-state index contributed by atoms with van der Waals surface area (Å²) in [5, 5.41) is 16.6. The van der Waals surface area contributed by atoms with Crippen LogP contribution in [0.25, 0.3) is 22.3 Å². The van der Waals surface area contributed by atoms with E-state index in [0.717, 1.165) is 58.8 Å². The quantitative estimate of drug-likeness (QED) is 0.458. The Labute approximate surface area is 180 Å². The monoisotopic (exact) mass is 410 g/mol. The van der Waals surface area contributed by atoms with E-state index in [1.807, 2.05) is 48.7 Å². The first kappa shape index (κ1) is 19.2. The third-order valence-corrected chi connectivity index (χ3v) is 5.37. The van der Waals surface area contributed by atoms with Crippen LogP contribution in [0.2, 0.25) is 0 Å². The molecule has 3 N–H and O–H groups in total. The third kappa shape index (κ3) is 4.12. The molecule has 31 heavy (non-hydrogen) atoms. The fraction of sp³-hybridized carbons (Fsp3) is 0.208. The minimum Gasteiger partial charge on any atom is -0.371 e. The Balaban J connectivity index is 1.44. The average molecular weight is 410 g/mol. The maximum absolute atomic E-state index is 9.03. The molecule has 4 aromatic rings. The average Bonchev–Trinajstić information content (AvgIpc) is 3.29. The summed E-state index contributed by atoms with van der Waals surface area (Å²) in [5.74, 6) is 0.513. The molecule has 0 spiro atoms. The molecule has 0 bridgehead atoms. The Morgan fingerprint density at radius 1 is 1.13 bits per heavy atom. The number of aromatic nitrogens is 3. The lowest BCUT2D eigenvalue weighted by molar-refractivity contribution is 0.0277. The number of nitrogens with one attached hydrogen (secondary N) is 3. The van der Waals surface area contributed by atoms with Crippen LogP contribution in [-0.2, 0) is 11.2 Å². The van der Waals surface area contributed by atoms with Crippen LogP contribution >= 0.6 is 0 Å². The zero-order valence-electron chi connectivity index (χ0n) is 16.9. The zero-order chi connectivity index (χ0) is 21.0. The van der Waals surface area contributed by atoms with Crippen molar-refractivity contribution in [2.45, 2.75) is 12.5 Å². The molecular weight excluding hydrogens is 388 g/mol. The molecule has 1 unspecified atom stereocenters. The summed E-state index contributed by atoms with van der Waals surface area (Å²) < 4.78 is 5.82. The van der Waals surface area contributed by atoms with Crippen molar-refractivity contribution in [3.05, 3.63) is 71.9 Å². The normalized spacial score (nSPS) is 16.2. The summed E-state index contributed by atoms with van der Waals surface area (Å²) in [7, 11) is 0. The number of benzene rings is 2. The highest BCUT2D eigenvalue weighted by atomic mass is 16.5. The SMILES string of the molecule is N#CCc1cccc(-c2nc(Nc3ccc(C4CNCCO4)cc3)nc3[nH]ccc23)c1. The Morgan fingerprint density at radius 2 is 2.03 bits per heavy atom. The number of fused-ring (bicyclic) bond motifs is 1. The van der Waals surface area contributed by atoms with Gasteiger partial charge in [-0.25, -0.2) is 4.98 Å². The molecule has 1 saturated heterocycles. The lowest BCUT2D eigenvalue weighted by Gasteiger charge is -2.24. The Morgan fingerprint density at radius 3 is 2.84 bits per heavy atom. The number of nitriles is 1. The summed E-state index contributed by atoms with van der Waals surface area (Å²) in [6, 6.07) is 20.3. The van der Waals surface area contributed by atoms with Gasteiger partial charge in [0.2, 0.25) is 5.95 Å². The number of aromatic amines is 1. The van der Waals surface area contributed by atoms with E-state index in [1.165, 1.54) is 0 Å². The van der Waals surface area contributed by atoms with Crippen LogP contribution in [-0.4, -0.2) is 34.6 Å². The van der Waals surface area contributed by atoms with Crippen LogP contribution in [0.5, 0.6) is 0 Å². The van der Waals surface area contributed by atoms with Gasteiger partial charge in [-0.2, -0.15) is 10.2 Å². The number of H-pyrrole nitrogens is 1. The van der Waals surface area contributed by atoms with Gasteiger partial charge in [0.1, 0.15) is 5.65 Å². The Kier molecular flexibility index (Phi) is 5.31. The highest BCUT2D eigenvalue weighted by Crippen LogP contribution is 2.29. The van der Waals surface area contributed by atoms with Gasteiger partial charge in [-0.3, -0.25) is 0 Å². The molecule has 2 aromatic heterocycles. The van der Waals surface area contributed by atoms with Gasteiger partial charge >= 0.3 is 0 Å². The Hall–Kier alpha value is -3.73. The van der Waals surface area contributed by atoms with Crippen LogP contribution in [0, 0.1) is 11.3 Å². The maximum Gasteiger partial charge on any atom is 0.229 e. The number of morpholine rings is 1. The van der Waals surface area contributed by atoms with Crippen molar-refractivity contribution in [3.8, 4) is 17.3 Å². The van der Waals surface area contributed by atoms with Crippen molar-refractivity contribution >= 4 is 22.7 Å². The van der Waals surface area contributed by atoms with Gasteiger partial charge in [-0.15, -0.1) is 0 Å². The summed E-state index contributed by atoms with van der Waals surface area (Å²) in [6.07, 6.45) is 2.31. The van der Waals surface area contributed by atoms with Gasteiger partial charge in [0.25, 0.3) is 0 Å². The molecule has 0 saturated carbocycles. The van der Waals surface area contributed by atoms with E-state index in [9.17, 15) is 0 Å². The summed E-state index contributed by atoms with van der Waals surface area (Å²) >= 11 is 0.